The monoisotopic (exact) mass is 336 g/mol. The largest absolute Gasteiger partial charge is 0.509 e. The van der Waals surface area contributed by atoms with Gasteiger partial charge in [-0.1, -0.05) is 0 Å². The van der Waals surface area contributed by atoms with Crippen molar-refractivity contribution in [2.45, 2.75) is 77.8 Å². The zero-order valence-corrected chi connectivity index (χ0v) is 15.8. The molecule has 0 radical (unpaired) electrons. The number of methoxy groups -OCH3 is 1. The molecule has 138 valence electrons. The Hall–Kier alpha value is -0.890. The second kappa shape index (κ2) is 7.79. The van der Waals surface area contributed by atoms with E-state index in [0.29, 0.717) is 0 Å². The molecule has 0 atom stereocenters. The molecule has 1 N–H and O–H groups in total. The predicted octanol–water partition coefficient (Wildman–Crippen LogP) is 2.84. The third kappa shape index (κ3) is 5.91. The van der Waals surface area contributed by atoms with Crippen molar-refractivity contribution in [3.05, 3.63) is 0 Å². The van der Waals surface area contributed by atoms with Gasteiger partial charge in [0.2, 0.25) is 0 Å². The highest BCUT2D eigenvalue weighted by Crippen LogP contribution is 2.33. The van der Waals surface area contributed by atoms with Gasteiger partial charge in [-0.2, -0.15) is 0 Å². The van der Waals surface area contributed by atoms with Gasteiger partial charge in [-0.15, -0.1) is 0 Å². The van der Waals surface area contributed by atoms with E-state index in [-0.39, 0.29) is 6.79 Å². The minimum Gasteiger partial charge on any atom is -0.425 e. The topological polar surface area (TPSA) is 83.5 Å². The van der Waals surface area contributed by atoms with Crippen LogP contribution in [0.25, 0.3) is 0 Å². The third-order valence-corrected chi connectivity index (χ3v) is 4.54. The van der Waals surface area contributed by atoms with Crippen LogP contribution in [0, 0.1) is 0 Å². The van der Waals surface area contributed by atoms with E-state index >= 15 is 0 Å². The highest BCUT2D eigenvalue weighted by atomic mass is 16.8. The molecule has 0 amide bonds. The number of carbonyl (C=O) groups is 1. The highest BCUT2D eigenvalue weighted by molar-refractivity contribution is 5.61. The summed E-state index contributed by atoms with van der Waals surface area (Å²) in [6, 6.07) is 0. The van der Waals surface area contributed by atoms with Crippen LogP contribution in [0.15, 0.2) is 0 Å². The van der Waals surface area contributed by atoms with E-state index in [1.54, 1.807) is 55.4 Å². The van der Waals surface area contributed by atoms with E-state index in [1.165, 1.54) is 7.11 Å². The Bertz CT molecular complexity index is 386. The van der Waals surface area contributed by atoms with Gasteiger partial charge in [0.25, 0.3) is 0 Å². The number of hydrogen-bond donors (Lipinski definition) is 1. The molecular formula is C16H32O7. The molecule has 0 aliphatic heterocycles. The van der Waals surface area contributed by atoms with Crippen molar-refractivity contribution in [1.29, 1.82) is 0 Å². The van der Waals surface area contributed by atoms with E-state index in [1.807, 2.05) is 0 Å². The van der Waals surface area contributed by atoms with Crippen LogP contribution in [0.5, 0.6) is 0 Å². The van der Waals surface area contributed by atoms with E-state index < -0.39 is 35.4 Å². The fourth-order valence-electron chi connectivity index (χ4n) is 1.40. The summed E-state index contributed by atoms with van der Waals surface area (Å²) in [5.74, 6) is 0. The maximum Gasteiger partial charge on any atom is 0.509 e. The van der Waals surface area contributed by atoms with Crippen LogP contribution in [0.1, 0.15) is 55.4 Å². The molecule has 23 heavy (non-hydrogen) atoms. The molecule has 0 aromatic heterocycles. The number of hydrogen-bond acceptors (Lipinski definition) is 7. The summed E-state index contributed by atoms with van der Waals surface area (Å²) < 4.78 is 26.5. The second-order valence-electron chi connectivity index (χ2n) is 7.32. The smallest absolute Gasteiger partial charge is 0.425 e. The fraction of sp³-hybridized carbons (Fsp3) is 0.938. The standard InChI is InChI=1S/C16H32O7/c1-13(2,20-10-17)15(5,6)22-12(18)23-16(7,8)14(3,4)21-11-19-9/h17H,10-11H2,1-9H3. The van der Waals surface area contributed by atoms with Gasteiger partial charge >= 0.3 is 6.16 Å². The lowest BCUT2D eigenvalue weighted by Gasteiger charge is -2.42. The van der Waals surface area contributed by atoms with Crippen LogP contribution in [0.2, 0.25) is 0 Å². The third-order valence-electron chi connectivity index (χ3n) is 4.54. The molecular weight excluding hydrogens is 304 g/mol. The van der Waals surface area contributed by atoms with Crippen LogP contribution in [0.3, 0.4) is 0 Å². The summed E-state index contributed by atoms with van der Waals surface area (Å²) >= 11 is 0. The number of aliphatic hydroxyl groups is 1. The number of rotatable bonds is 9. The Kier molecular flexibility index (Phi) is 7.49. The fourth-order valence-corrected chi connectivity index (χ4v) is 1.40. The summed E-state index contributed by atoms with van der Waals surface area (Å²) in [6.07, 6.45) is -0.844. The molecule has 0 unspecified atom stereocenters. The minimum absolute atomic E-state index is 0.0811. The maximum absolute atomic E-state index is 12.2. The molecule has 7 nitrogen and oxygen atoms in total. The number of aliphatic hydroxyl groups excluding tert-OH is 1. The quantitative estimate of drug-likeness (QED) is 0.512. The van der Waals surface area contributed by atoms with Crippen LogP contribution < -0.4 is 0 Å². The lowest BCUT2D eigenvalue weighted by atomic mass is 9.89. The van der Waals surface area contributed by atoms with Crippen LogP contribution >= 0.6 is 0 Å². The van der Waals surface area contributed by atoms with Crippen LogP contribution in [-0.4, -0.2) is 54.4 Å². The van der Waals surface area contributed by atoms with Gasteiger partial charge in [-0.05, 0) is 55.4 Å². The van der Waals surface area contributed by atoms with E-state index in [2.05, 4.69) is 0 Å². The number of ether oxygens (including phenoxy) is 5. The molecule has 0 aliphatic rings. The first-order chi connectivity index (χ1) is 10.2. The molecule has 0 saturated heterocycles. The Morgan fingerprint density at radius 3 is 1.52 bits per heavy atom. The van der Waals surface area contributed by atoms with Gasteiger partial charge < -0.3 is 28.8 Å². The molecule has 7 heteroatoms. The van der Waals surface area contributed by atoms with Crippen LogP contribution in [-0.2, 0) is 23.7 Å². The summed E-state index contributed by atoms with van der Waals surface area (Å²) in [7, 11) is 1.52. The van der Waals surface area contributed by atoms with Gasteiger partial charge in [-0.3, -0.25) is 0 Å². The first-order valence-electron chi connectivity index (χ1n) is 7.52. The molecule has 0 rings (SSSR count). The van der Waals surface area contributed by atoms with Gasteiger partial charge in [0.1, 0.15) is 36.0 Å². The molecule has 0 fully saturated rings. The zero-order valence-electron chi connectivity index (χ0n) is 15.8. The Labute approximate surface area is 139 Å². The summed E-state index contributed by atoms with van der Waals surface area (Å²) in [6.45, 7) is 13.5. The maximum atomic E-state index is 12.2. The second-order valence-corrected chi connectivity index (χ2v) is 7.32. The summed E-state index contributed by atoms with van der Waals surface area (Å²) in [5, 5.41) is 8.95. The van der Waals surface area contributed by atoms with E-state index in [4.69, 9.17) is 28.8 Å². The average Bonchev–Trinajstić information content (AvgIpc) is 2.34. The summed E-state index contributed by atoms with van der Waals surface area (Å²) in [4.78, 5) is 12.2. The van der Waals surface area contributed by atoms with Crippen molar-refractivity contribution in [3.63, 3.8) is 0 Å². The lowest BCUT2D eigenvalue weighted by molar-refractivity contribution is -0.218. The van der Waals surface area contributed by atoms with Crippen LogP contribution in [0.4, 0.5) is 4.79 Å². The van der Waals surface area contributed by atoms with E-state index in [9.17, 15) is 4.79 Å². The molecule has 0 bridgehead atoms. The lowest BCUT2D eigenvalue weighted by Crippen LogP contribution is -2.54. The van der Waals surface area contributed by atoms with Gasteiger partial charge in [0.05, 0.1) is 0 Å². The first kappa shape index (κ1) is 22.1. The highest BCUT2D eigenvalue weighted by Gasteiger charge is 2.46. The van der Waals surface area contributed by atoms with Crippen molar-refractivity contribution in [3.8, 4) is 0 Å². The zero-order chi connectivity index (χ0) is 18.5. The normalized spacial score (nSPS) is 13.8. The van der Waals surface area contributed by atoms with E-state index in [0.717, 1.165) is 0 Å². The van der Waals surface area contributed by atoms with Crippen molar-refractivity contribution >= 4 is 6.16 Å². The molecule has 0 spiro atoms. The first-order valence-corrected chi connectivity index (χ1v) is 7.52. The molecule has 0 aromatic carbocycles. The van der Waals surface area contributed by atoms with Gasteiger partial charge in [0, 0.05) is 7.11 Å². The SMILES string of the molecule is COCOC(C)(C)C(C)(C)OC(=O)OC(C)(C)C(C)(C)OCO. The van der Waals surface area contributed by atoms with Gasteiger partial charge in [0.15, 0.2) is 0 Å². The number of carbonyl (C=O) groups excluding carboxylic acids is 1. The molecule has 0 aliphatic carbocycles. The van der Waals surface area contributed by atoms with Crippen molar-refractivity contribution < 1.29 is 33.6 Å². The van der Waals surface area contributed by atoms with Crippen molar-refractivity contribution in [2.75, 3.05) is 20.7 Å². The van der Waals surface area contributed by atoms with Crippen molar-refractivity contribution in [2.24, 2.45) is 0 Å². The Morgan fingerprint density at radius 1 is 0.783 bits per heavy atom. The van der Waals surface area contributed by atoms with Gasteiger partial charge in [-0.25, -0.2) is 4.79 Å². The predicted molar refractivity (Wildman–Crippen MR) is 85.0 cm³/mol. The Morgan fingerprint density at radius 2 is 1.17 bits per heavy atom. The molecule has 0 aromatic rings. The summed E-state index contributed by atoms with van der Waals surface area (Å²) in [5.41, 5.74) is -3.66. The molecule has 0 heterocycles. The Balaban J connectivity index is 4.93. The molecule has 0 saturated carbocycles. The average molecular weight is 336 g/mol. The van der Waals surface area contributed by atoms with Crippen molar-refractivity contribution in [1.82, 2.24) is 0 Å². The minimum atomic E-state index is -1.01.